The summed E-state index contributed by atoms with van der Waals surface area (Å²) in [6.45, 7) is 8.18. The van der Waals surface area contributed by atoms with Crippen molar-refractivity contribution < 1.29 is 9.59 Å². The molecule has 1 saturated heterocycles. The van der Waals surface area contributed by atoms with Gasteiger partial charge in [-0.25, -0.2) is 0 Å². The molecule has 0 unspecified atom stereocenters. The third kappa shape index (κ3) is 4.27. The Morgan fingerprint density at radius 3 is 2.28 bits per heavy atom. The molecule has 6 heteroatoms. The molecule has 0 radical (unpaired) electrons. The van der Waals surface area contributed by atoms with Gasteiger partial charge < -0.3 is 4.90 Å². The highest BCUT2D eigenvalue weighted by molar-refractivity contribution is 5.96. The lowest BCUT2D eigenvalue weighted by Gasteiger charge is -2.38. The molecular formula is C12H24N4O2. The van der Waals surface area contributed by atoms with Crippen LogP contribution in [0.25, 0.3) is 0 Å². The molecular weight excluding hydrogens is 232 g/mol. The predicted molar refractivity (Wildman–Crippen MR) is 68.8 cm³/mol. The SMILES string of the molecule is CC(C)(C)C1CCN(C(=O)CC(=O)NNN)CC1. The molecule has 0 aromatic heterocycles. The summed E-state index contributed by atoms with van der Waals surface area (Å²) in [5.41, 5.74) is 4.51. The van der Waals surface area contributed by atoms with E-state index in [0.29, 0.717) is 5.92 Å². The third-order valence-electron chi connectivity index (χ3n) is 3.60. The molecule has 0 aromatic carbocycles. The zero-order chi connectivity index (χ0) is 13.8. The van der Waals surface area contributed by atoms with Crippen molar-refractivity contribution in [2.75, 3.05) is 13.1 Å². The van der Waals surface area contributed by atoms with Crippen molar-refractivity contribution in [2.24, 2.45) is 17.2 Å². The Labute approximate surface area is 108 Å². The van der Waals surface area contributed by atoms with E-state index in [9.17, 15) is 9.59 Å². The van der Waals surface area contributed by atoms with Gasteiger partial charge in [0.05, 0.1) is 0 Å². The minimum Gasteiger partial charge on any atom is -0.342 e. The number of nitrogens with zero attached hydrogens (tertiary/aromatic N) is 1. The van der Waals surface area contributed by atoms with Crippen LogP contribution in [0.2, 0.25) is 0 Å². The van der Waals surface area contributed by atoms with Crippen molar-refractivity contribution in [3.8, 4) is 0 Å². The number of amides is 2. The monoisotopic (exact) mass is 256 g/mol. The molecule has 6 nitrogen and oxygen atoms in total. The van der Waals surface area contributed by atoms with Gasteiger partial charge in [-0.05, 0) is 24.2 Å². The van der Waals surface area contributed by atoms with Gasteiger partial charge in [0.15, 0.2) is 0 Å². The van der Waals surface area contributed by atoms with E-state index in [1.54, 1.807) is 4.90 Å². The molecule has 4 N–H and O–H groups in total. The fourth-order valence-electron chi connectivity index (χ4n) is 2.37. The average molecular weight is 256 g/mol. The lowest BCUT2D eigenvalue weighted by Crippen LogP contribution is -2.46. The van der Waals surface area contributed by atoms with Crippen molar-refractivity contribution >= 4 is 11.8 Å². The Kier molecular flexibility index (Phi) is 5.10. The number of likely N-dealkylation sites (tertiary alicyclic amines) is 1. The van der Waals surface area contributed by atoms with Crippen LogP contribution in [-0.2, 0) is 9.59 Å². The molecule has 0 bridgehead atoms. The molecule has 2 amide bonds. The minimum absolute atomic E-state index is 0.130. The van der Waals surface area contributed by atoms with E-state index in [0.717, 1.165) is 25.9 Å². The maximum atomic E-state index is 11.8. The summed E-state index contributed by atoms with van der Waals surface area (Å²) < 4.78 is 0. The van der Waals surface area contributed by atoms with E-state index >= 15 is 0 Å². The van der Waals surface area contributed by atoms with Gasteiger partial charge in [0.1, 0.15) is 6.42 Å². The number of nitrogens with one attached hydrogen (secondary N) is 2. The third-order valence-corrected chi connectivity index (χ3v) is 3.60. The van der Waals surface area contributed by atoms with Gasteiger partial charge in [0, 0.05) is 13.1 Å². The maximum absolute atomic E-state index is 11.8. The topological polar surface area (TPSA) is 87.5 Å². The fraction of sp³-hybridized carbons (Fsp3) is 0.833. The highest BCUT2D eigenvalue weighted by atomic mass is 16.2. The molecule has 1 aliphatic rings. The quantitative estimate of drug-likeness (QED) is 0.381. The number of hydrogen-bond donors (Lipinski definition) is 3. The largest absolute Gasteiger partial charge is 0.342 e. The Morgan fingerprint density at radius 1 is 1.28 bits per heavy atom. The highest BCUT2D eigenvalue weighted by Crippen LogP contribution is 2.34. The summed E-state index contributed by atoms with van der Waals surface area (Å²) in [5.74, 6) is 5.05. The summed E-state index contributed by atoms with van der Waals surface area (Å²) in [7, 11) is 0. The van der Waals surface area contributed by atoms with Crippen molar-refractivity contribution in [2.45, 2.75) is 40.0 Å². The van der Waals surface area contributed by atoms with Crippen molar-refractivity contribution in [1.82, 2.24) is 15.9 Å². The molecule has 0 aliphatic carbocycles. The number of rotatable bonds is 3. The number of carbonyl (C=O) groups is 2. The first-order chi connectivity index (χ1) is 8.34. The Balaban J connectivity index is 2.39. The second kappa shape index (κ2) is 6.15. The molecule has 1 heterocycles. The smallest absolute Gasteiger partial charge is 0.244 e. The van der Waals surface area contributed by atoms with Crippen molar-refractivity contribution in [3.63, 3.8) is 0 Å². The van der Waals surface area contributed by atoms with Gasteiger partial charge in [-0.15, -0.1) is 0 Å². The Morgan fingerprint density at radius 2 is 1.83 bits per heavy atom. The number of hydrogen-bond acceptors (Lipinski definition) is 4. The number of nitrogens with two attached hydrogens (primary N) is 1. The molecule has 0 atom stereocenters. The van der Waals surface area contributed by atoms with Gasteiger partial charge in [-0.1, -0.05) is 20.8 Å². The van der Waals surface area contributed by atoms with E-state index in [1.807, 2.05) is 5.53 Å². The van der Waals surface area contributed by atoms with Crippen LogP contribution < -0.4 is 16.8 Å². The van der Waals surface area contributed by atoms with E-state index < -0.39 is 5.91 Å². The first-order valence-corrected chi connectivity index (χ1v) is 6.37. The van der Waals surface area contributed by atoms with Gasteiger partial charge in [0.2, 0.25) is 11.8 Å². The van der Waals surface area contributed by atoms with Crippen molar-refractivity contribution in [3.05, 3.63) is 0 Å². The number of piperidine rings is 1. The van der Waals surface area contributed by atoms with Crippen LogP contribution in [0.15, 0.2) is 0 Å². The van der Waals surface area contributed by atoms with E-state index in [1.165, 1.54) is 0 Å². The fourth-order valence-corrected chi connectivity index (χ4v) is 2.37. The van der Waals surface area contributed by atoms with Crippen LogP contribution in [0.3, 0.4) is 0 Å². The molecule has 0 saturated carbocycles. The zero-order valence-electron chi connectivity index (χ0n) is 11.5. The average Bonchev–Trinajstić information content (AvgIpc) is 2.28. The summed E-state index contributed by atoms with van der Waals surface area (Å²) in [4.78, 5) is 24.8. The molecule has 0 aromatic rings. The van der Waals surface area contributed by atoms with Crippen LogP contribution in [0.1, 0.15) is 40.0 Å². The molecule has 1 aliphatic heterocycles. The van der Waals surface area contributed by atoms with Crippen LogP contribution in [0.5, 0.6) is 0 Å². The van der Waals surface area contributed by atoms with Crippen LogP contribution in [0.4, 0.5) is 0 Å². The summed E-state index contributed by atoms with van der Waals surface area (Å²) >= 11 is 0. The second-order valence-electron chi connectivity index (χ2n) is 5.89. The van der Waals surface area contributed by atoms with Gasteiger partial charge >= 0.3 is 0 Å². The van der Waals surface area contributed by atoms with Gasteiger partial charge in [-0.2, -0.15) is 5.53 Å². The summed E-state index contributed by atoms with van der Waals surface area (Å²) in [6.07, 6.45) is 1.86. The predicted octanol–water partition coefficient (Wildman–Crippen LogP) is 0.156. The van der Waals surface area contributed by atoms with Crippen LogP contribution in [-0.4, -0.2) is 29.8 Å². The van der Waals surface area contributed by atoms with Crippen LogP contribution >= 0.6 is 0 Å². The maximum Gasteiger partial charge on any atom is 0.244 e. The lowest BCUT2D eigenvalue weighted by molar-refractivity contribution is -0.137. The first-order valence-electron chi connectivity index (χ1n) is 6.37. The summed E-state index contributed by atoms with van der Waals surface area (Å²) in [5, 5.41) is 0. The normalized spacial score (nSPS) is 17.7. The number of hydrazine groups is 2. The first kappa shape index (κ1) is 14.9. The molecule has 18 heavy (non-hydrogen) atoms. The summed E-state index contributed by atoms with van der Waals surface area (Å²) in [6, 6.07) is 0. The molecule has 1 fully saturated rings. The Bertz CT molecular complexity index is 304. The van der Waals surface area contributed by atoms with E-state index in [4.69, 9.17) is 5.84 Å². The Hall–Kier alpha value is -1.14. The second-order valence-corrected chi connectivity index (χ2v) is 5.89. The standard InChI is InChI=1S/C12H24N4O2/c1-12(2,3)9-4-6-16(7-5-9)11(18)8-10(17)14-15-13/h9,15H,4-8,13H2,1-3H3,(H,14,17). The lowest BCUT2D eigenvalue weighted by atomic mass is 9.75. The zero-order valence-corrected chi connectivity index (χ0v) is 11.5. The molecule has 1 rings (SSSR count). The minimum atomic E-state index is -0.402. The van der Waals surface area contributed by atoms with Gasteiger partial charge in [-0.3, -0.25) is 20.9 Å². The molecule has 104 valence electrons. The van der Waals surface area contributed by atoms with Gasteiger partial charge in [0.25, 0.3) is 0 Å². The van der Waals surface area contributed by atoms with E-state index in [2.05, 4.69) is 26.2 Å². The highest BCUT2D eigenvalue weighted by Gasteiger charge is 2.30. The van der Waals surface area contributed by atoms with Crippen molar-refractivity contribution in [1.29, 1.82) is 0 Å². The van der Waals surface area contributed by atoms with E-state index in [-0.39, 0.29) is 17.7 Å². The number of carbonyl (C=O) groups excluding carboxylic acids is 2. The molecule has 0 spiro atoms. The van der Waals surface area contributed by atoms with Crippen LogP contribution in [0, 0.1) is 11.3 Å².